The van der Waals surface area contributed by atoms with Crippen LogP contribution in [-0.2, 0) is 6.42 Å². The largest absolute Gasteiger partial charge is 0.330 e. The van der Waals surface area contributed by atoms with Crippen molar-refractivity contribution in [3.63, 3.8) is 0 Å². The normalized spacial score (nSPS) is 12.9. The maximum absolute atomic E-state index is 5.61. The summed E-state index contributed by atoms with van der Waals surface area (Å²) in [7, 11) is 0. The number of rotatable bonds is 4. The fourth-order valence-corrected chi connectivity index (χ4v) is 3.73. The van der Waals surface area contributed by atoms with Crippen molar-refractivity contribution in [2.24, 2.45) is 11.7 Å². The second-order valence-corrected chi connectivity index (χ2v) is 7.18. The summed E-state index contributed by atoms with van der Waals surface area (Å²) in [5.74, 6) is 0.508. The average Bonchev–Trinajstić information content (AvgIpc) is 2.87. The van der Waals surface area contributed by atoms with Crippen LogP contribution in [0.3, 0.4) is 0 Å². The quantitative estimate of drug-likeness (QED) is 0.932. The Morgan fingerprint density at radius 3 is 2.94 bits per heavy atom. The molecule has 2 aromatic rings. The molecule has 16 heavy (non-hydrogen) atoms. The molecule has 86 valence electrons. The molecule has 0 bridgehead atoms. The van der Waals surface area contributed by atoms with E-state index in [1.807, 2.05) is 0 Å². The lowest BCUT2D eigenvalue weighted by atomic mass is 10.1. The molecule has 0 fully saturated rings. The molecule has 0 aromatic carbocycles. The van der Waals surface area contributed by atoms with Gasteiger partial charge in [0, 0.05) is 11.8 Å². The van der Waals surface area contributed by atoms with Crippen molar-refractivity contribution in [2.75, 3.05) is 6.54 Å². The molecule has 0 aliphatic carbocycles. The maximum Gasteiger partial charge on any atom is 0.0936 e. The molecule has 1 unspecified atom stereocenters. The Kier molecular flexibility index (Phi) is 4.13. The maximum atomic E-state index is 5.61. The fraction of sp³-hybridized carbons (Fsp3) is 0.364. The lowest BCUT2D eigenvalue weighted by Crippen LogP contribution is -2.12. The van der Waals surface area contributed by atoms with Crippen LogP contribution >= 0.6 is 38.6 Å². The Labute approximate surface area is 112 Å². The third-order valence-electron chi connectivity index (χ3n) is 2.30. The zero-order chi connectivity index (χ0) is 11.5. The molecule has 2 rings (SSSR count). The summed E-state index contributed by atoms with van der Waals surface area (Å²) in [6.45, 7) is 2.88. The highest BCUT2D eigenvalue weighted by atomic mass is 79.9. The number of nitrogens with zero attached hydrogens (tertiary/aromatic N) is 1. The fourth-order valence-electron chi connectivity index (χ4n) is 1.35. The summed E-state index contributed by atoms with van der Waals surface area (Å²) < 4.78 is 1.15. The summed E-state index contributed by atoms with van der Waals surface area (Å²) in [5, 5.41) is 3.30. The van der Waals surface area contributed by atoms with Crippen molar-refractivity contribution in [1.82, 2.24) is 4.98 Å². The van der Waals surface area contributed by atoms with Crippen molar-refractivity contribution in [2.45, 2.75) is 13.3 Å². The predicted molar refractivity (Wildman–Crippen MR) is 75.0 cm³/mol. The lowest BCUT2D eigenvalue weighted by Gasteiger charge is -2.03. The molecule has 1 atom stereocenters. The van der Waals surface area contributed by atoms with Crippen molar-refractivity contribution in [3.05, 3.63) is 26.3 Å². The van der Waals surface area contributed by atoms with E-state index in [-0.39, 0.29) is 0 Å². The molecule has 0 aliphatic heterocycles. The zero-order valence-electron chi connectivity index (χ0n) is 8.94. The Hall–Kier alpha value is -0.230. The van der Waals surface area contributed by atoms with Gasteiger partial charge >= 0.3 is 0 Å². The molecule has 0 spiro atoms. The molecule has 2 N–H and O–H groups in total. The Morgan fingerprint density at radius 2 is 2.31 bits per heavy atom. The standard InChI is InChI=1S/C11H13BrN2S2/c1-7(5-13)4-11-14-8(6-15-11)9-2-3-10(12)16-9/h2-3,6-7H,4-5,13H2,1H3. The van der Waals surface area contributed by atoms with E-state index in [0.29, 0.717) is 5.92 Å². The summed E-state index contributed by atoms with van der Waals surface area (Å²) in [6, 6.07) is 4.15. The van der Waals surface area contributed by atoms with E-state index >= 15 is 0 Å². The summed E-state index contributed by atoms with van der Waals surface area (Å²) in [5.41, 5.74) is 6.70. The Balaban J connectivity index is 2.13. The van der Waals surface area contributed by atoms with Crippen LogP contribution in [-0.4, -0.2) is 11.5 Å². The molecule has 0 saturated carbocycles. The molecule has 2 heterocycles. The predicted octanol–water partition coefficient (Wildman–Crippen LogP) is 3.77. The van der Waals surface area contributed by atoms with E-state index in [0.717, 1.165) is 22.4 Å². The molecule has 0 radical (unpaired) electrons. The van der Waals surface area contributed by atoms with E-state index in [1.165, 1.54) is 9.88 Å². The molecule has 0 saturated heterocycles. The minimum atomic E-state index is 0.508. The molecule has 2 aromatic heterocycles. The third kappa shape index (κ3) is 2.91. The van der Waals surface area contributed by atoms with Crippen LogP contribution in [0.15, 0.2) is 21.3 Å². The molecular weight excluding hydrogens is 304 g/mol. The Bertz CT molecular complexity index is 464. The average molecular weight is 317 g/mol. The van der Waals surface area contributed by atoms with Gasteiger partial charge in [0.15, 0.2) is 0 Å². The zero-order valence-corrected chi connectivity index (χ0v) is 12.2. The molecule has 2 nitrogen and oxygen atoms in total. The van der Waals surface area contributed by atoms with Crippen LogP contribution in [0.2, 0.25) is 0 Å². The van der Waals surface area contributed by atoms with E-state index in [1.54, 1.807) is 22.7 Å². The monoisotopic (exact) mass is 316 g/mol. The van der Waals surface area contributed by atoms with Gasteiger partial charge in [-0.05, 0) is 40.5 Å². The molecule has 0 aliphatic rings. The second-order valence-electron chi connectivity index (χ2n) is 3.78. The number of aromatic nitrogens is 1. The summed E-state index contributed by atoms with van der Waals surface area (Å²) in [6.07, 6.45) is 0.980. The number of hydrogen-bond acceptors (Lipinski definition) is 4. The van der Waals surface area contributed by atoms with Gasteiger partial charge in [-0.2, -0.15) is 0 Å². The first-order chi connectivity index (χ1) is 7.69. The topological polar surface area (TPSA) is 38.9 Å². The molecule has 0 amide bonds. The van der Waals surface area contributed by atoms with Crippen LogP contribution in [0.5, 0.6) is 0 Å². The van der Waals surface area contributed by atoms with Crippen molar-refractivity contribution < 1.29 is 0 Å². The highest BCUT2D eigenvalue weighted by Gasteiger charge is 2.09. The van der Waals surface area contributed by atoms with Crippen molar-refractivity contribution >= 4 is 38.6 Å². The van der Waals surface area contributed by atoms with Crippen LogP contribution in [0.4, 0.5) is 0 Å². The van der Waals surface area contributed by atoms with Gasteiger partial charge in [0.2, 0.25) is 0 Å². The number of hydrogen-bond donors (Lipinski definition) is 1. The van der Waals surface area contributed by atoms with Crippen LogP contribution in [0, 0.1) is 5.92 Å². The summed E-state index contributed by atoms with van der Waals surface area (Å²) in [4.78, 5) is 5.85. The van der Waals surface area contributed by atoms with Gasteiger partial charge < -0.3 is 5.73 Å². The highest BCUT2D eigenvalue weighted by molar-refractivity contribution is 9.11. The van der Waals surface area contributed by atoms with Gasteiger partial charge in [-0.3, -0.25) is 0 Å². The van der Waals surface area contributed by atoms with Crippen LogP contribution < -0.4 is 5.73 Å². The van der Waals surface area contributed by atoms with Gasteiger partial charge in [0.05, 0.1) is 19.4 Å². The van der Waals surface area contributed by atoms with Crippen LogP contribution in [0.1, 0.15) is 11.9 Å². The first kappa shape index (κ1) is 12.2. The number of halogens is 1. The Morgan fingerprint density at radius 1 is 1.50 bits per heavy atom. The lowest BCUT2D eigenvalue weighted by molar-refractivity contribution is 0.591. The van der Waals surface area contributed by atoms with Crippen molar-refractivity contribution in [1.29, 1.82) is 0 Å². The second kappa shape index (κ2) is 5.40. The summed E-state index contributed by atoms with van der Waals surface area (Å²) >= 11 is 6.90. The van der Waals surface area contributed by atoms with E-state index in [2.05, 4.69) is 45.4 Å². The minimum absolute atomic E-state index is 0.508. The molecule has 5 heteroatoms. The number of thiophene rings is 1. The van der Waals surface area contributed by atoms with E-state index in [9.17, 15) is 0 Å². The third-order valence-corrected chi connectivity index (χ3v) is 4.82. The minimum Gasteiger partial charge on any atom is -0.330 e. The first-order valence-corrected chi connectivity index (χ1v) is 7.58. The van der Waals surface area contributed by atoms with Gasteiger partial charge in [-0.25, -0.2) is 4.98 Å². The SMILES string of the molecule is CC(CN)Cc1nc(-c2ccc(Br)s2)cs1. The van der Waals surface area contributed by atoms with E-state index < -0.39 is 0 Å². The van der Waals surface area contributed by atoms with E-state index in [4.69, 9.17) is 5.73 Å². The van der Waals surface area contributed by atoms with Gasteiger partial charge in [-0.1, -0.05) is 6.92 Å². The van der Waals surface area contributed by atoms with Gasteiger partial charge in [-0.15, -0.1) is 22.7 Å². The van der Waals surface area contributed by atoms with Crippen molar-refractivity contribution in [3.8, 4) is 10.6 Å². The number of thiazole rings is 1. The molecular formula is C11H13BrN2S2. The van der Waals surface area contributed by atoms with Crippen LogP contribution in [0.25, 0.3) is 10.6 Å². The number of nitrogens with two attached hydrogens (primary N) is 1. The highest BCUT2D eigenvalue weighted by Crippen LogP contribution is 2.32. The first-order valence-electron chi connectivity index (χ1n) is 5.09. The smallest absolute Gasteiger partial charge is 0.0936 e. The van der Waals surface area contributed by atoms with Gasteiger partial charge in [0.25, 0.3) is 0 Å². The van der Waals surface area contributed by atoms with Gasteiger partial charge in [0.1, 0.15) is 0 Å².